The van der Waals surface area contributed by atoms with Crippen molar-refractivity contribution in [2.45, 2.75) is 65.6 Å². The average Bonchev–Trinajstić information content (AvgIpc) is 2.90. The molecule has 0 spiro atoms. The van der Waals surface area contributed by atoms with E-state index in [9.17, 15) is 18.0 Å². The molecule has 0 unspecified atom stereocenters. The Kier molecular flexibility index (Phi) is 11.5. The number of amides is 2. The number of benzene rings is 3. The highest BCUT2D eigenvalue weighted by Crippen LogP contribution is 2.25. The van der Waals surface area contributed by atoms with Gasteiger partial charge in [0.2, 0.25) is 21.8 Å². The number of hydrogen-bond acceptors (Lipinski definition) is 4. The van der Waals surface area contributed by atoms with E-state index in [1.807, 2.05) is 100 Å². The summed E-state index contributed by atoms with van der Waals surface area (Å²) in [5.74, 6) is -0.426. The number of nitrogens with one attached hydrogen (secondary N) is 1. The van der Waals surface area contributed by atoms with Gasteiger partial charge >= 0.3 is 0 Å². The quantitative estimate of drug-likeness (QED) is 0.256. The Morgan fingerprint density at radius 2 is 1.59 bits per heavy atom. The molecule has 0 aliphatic rings. The minimum absolute atomic E-state index is 0.0909. The van der Waals surface area contributed by atoms with Gasteiger partial charge in [-0.15, -0.1) is 0 Å². The molecule has 0 aromatic heterocycles. The summed E-state index contributed by atoms with van der Waals surface area (Å²) >= 11 is 3.46. The summed E-state index contributed by atoms with van der Waals surface area (Å²) in [6.45, 7) is 7.99. The summed E-state index contributed by atoms with van der Waals surface area (Å²) in [5.41, 5.74) is 4.26. The van der Waals surface area contributed by atoms with Crippen LogP contribution in [0, 0.1) is 13.8 Å². The number of nitrogens with zero attached hydrogens (tertiary/aromatic N) is 2. The third kappa shape index (κ3) is 9.71. The standard InChI is InChI=1S/C32H40BrN3O4S/c1-23(2)34-32(38)30(21-26-10-7-6-8-11-26)35(22-27-15-17-28(33)18-16-27)31(37)12-9-19-36(41(5,39)40)29-20-24(3)13-14-25(29)4/h6-8,10-11,13-18,20,23,30H,9,12,19,21-22H2,1-5H3,(H,34,38)/t30-/m0/s1. The fraction of sp³-hybridized carbons (Fsp3) is 0.375. The molecule has 0 saturated carbocycles. The molecular formula is C32H40BrN3O4S. The van der Waals surface area contributed by atoms with Crippen molar-refractivity contribution in [3.8, 4) is 0 Å². The predicted octanol–water partition coefficient (Wildman–Crippen LogP) is 5.78. The number of anilines is 1. The van der Waals surface area contributed by atoms with Crippen LogP contribution in [0.25, 0.3) is 0 Å². The van der Waals surface area contributed by atoms with E-state index < -0.39 is 16.1 Å². The molecular weight excluding hydrogens is 602 g/mol. The highest BCUT2D eigenvalue weighted by Gasteiger charge is 2.31. The number of carbonyl (C=O) groups excluding carboxylic acids is 2. The second kappa shape index (κ2) is 14.6. The zero-order valence-electron chi connectivity index (χ0n) is 24.4. The lowest BCUT2D eigenvalue weighted by atomic mass is 10.0. The summed E-state index contributed by atoms with van der Waals surface area (Å²) in [7, 11) is -3.57. The molecule has 0 saturated heterocycles. The van der Waals surface area contributed by atoms with Gasteiger partial charge in [-0.25, -0.2) is 8.42 Å². The van der Waals surface area contributed by atoms with Gasteiger partial charge in [0.15, 0.2) is 0 Å². The Hall–Kier alpha value is -3.17. The molecule has 3 aromatic carbocycles. The summed E-state index contributed by atoms with van der Waals surface area (Å²) in [4.78, 5) is 29.0. The van der Waals surface area contributed by atoms with E-state index >= 15 is 0 Å². The van der Waals surface area contributed by atoms with Gasteiger partial charge in [0.25, 0.3) is 0 Å². The van der Waals surface area contributed by atoms with Crippen LogP contribution in [0.15, 0.2) is 77.3 Å². The van der Waals surface area contributed by atoms with E-state index in [1.54, 1.807) is 4.90 Å². The number of hydrogen-bond donors (Lipinski definition) is 1. The molecule has 41 heavy (non-hydrogen) atoms. The van der Waals surface area contributed by atoms with E-state index in [4.69, 9.17) is 0 Å². The van der Waals surface area contributed by atoms with Crippen LogP contribution < -0.4 is 9.62 Å². The lowest BCUT2D eigenvalue weighted by Crippen LogP contribution is -2.51. The Labute approximate surface area is 253 Å². The van der Waals surface area contributed by atoms with Crippen molar-refractivity contribution in [3.63, 3.8) is 0 Å². The van der Waals surface area contributed by atoms with Crippen molar-refractivity contribution in [2.24, 2.45) is 0 Å². The number of carbonyl (C=O) groups is 2. The molecule has 7 nitrogen and oxygen atoms in total. The van der Waals surface area contributed by atoms with Crippen molar-refractivity contribution < 1.29 is 18.0 Å². The maximum Gasteiger partial charge on any atom is 0.243 e. The first-order chi connectivity index (χ1) is 19.3. The van der Waals surface area contributed by atoms with E-state index in [0.29, 0.717) is 18.5 Å². The molecule has 1 atom stereocenters. The van der Waals surface area contributed by atoms with Gasteiger partial charge < -0.3 is 10.2 Å². The Balaban J connectivity index is 1.89. The molecule has 1 N–H and O–H groups in total. The minimum Gasteiger partial charge on any atom is -0.352 e. The molecule has 0 fully saturated rings. The SMILES string of the molecule is Cc1ccc(C)c(N(CCCC(=O)N(Cc2ccc(Br)cc2)[C@@H](Cc2ccccc2)C(=O)NC(C)C)S(C)(=O)=O)c1. The van der Waals surface area contributed by atoms with Crippen LogP contribution in [-0.4, -0.2) is 50.0 Å². The van der Waals surface area contributed by atoms with E-state index in [1.165, 1.54) is 10.6 Å². The molecule has 0 aliphatic heterocycles. The van der Waals surface area contributed by atoms with Crippen molar-refractivity contribution in [1.29, 1.82) is 0 Å². The van der Waals surface area contributed by atoms with Crippen LogP contribution in [0.5, 0.6) is 0 Å². The largest absolute Gasteiger partial charge is 0.352 e. The molecule has 3 rings (SSSR count). The molecule has 9 heteroatoms. The van der Waals surface area contributed by atoms with E-state index in [2.05, 4.69) is 21.2 Å². The van der Waals surface area contributed by atoms with Crippen molar-refractivity contribution >= 4 is 43.5 Å². The first-order valence-electron chi connectivity index (χ1n) is 13.8. The van der Waals surface area contributed by atoms with Crippen LogP contribution in [0.2, 0.25) is 0 Å². The molecule has 220 valence electrons. The fourth-order valence-corrected chi connectivity index (χ4v) is 5.97. The zero-order chi connectivity index (χ0) is 30.2. The lowest BCUT2D eigenvalue weighted by Gasteiger charge is -2.32. The maximum absolute atomic E-state index is 13.9. The maximum atomic E-state index is 13.9. The third-order valence-corrected chi connectivity index (χ3v) is 8.46. The molecule has 0 radical (unpaired) electrons. The number of rotatable bonds is 13. The molecule has 2 amide bonds. The fourth-order valence-electron chi connectivity index (χ4n) is 4.69. The molecule has 0 bridgehead atoms. The number of aryl methyl sites for hydroxylation is 2. The van der Waals surface area contributed by atoms with Crippen LogP contribution >= 0.6 is 15.9 Å². The van der Waals surface area contributed by atoms with Crippen LogP contribution in [0.3, 0.4) is 0 Å². The van der Waals surface area contributed by atoms with Gasteiger partial charge in [-0.1, -0.05) is 70.5 Å². The second-order valence-electron chi connectivity index (χ2n) is 10.7. The molecule has 3 aromatic rings. The normalized spacial score (nSPS) is 12.2. The summed E-state index contributed by atoms with van der Waals surface area (Å²) in [5, 5.41) is 2.99. The highest BCUT2D eigenvalue weighted by atomic mass is 79.9. The monoisotopic (exact) mass is 641 g/mol. The highest BCUT2D eigenvalue weighted by molar-refractivity contribution is 9.10. The molecule has 0 aliphatic carbocycles. The first kappa shape index (κ1) is 32.3. The summed E-state index contributed by atoms with van der Waals surface area (Å²) < 4.78 is 27.8. The van der Waals surface area contributed by atoms with Gasteiger partial charge in [-0.3, -0.25) is 13.9 Å². The van der Waals surface area contributed by atoms with Gasteiger partial charge in [0.1, 0.15) is 6.04 Å². The predicted molar refractivity (Wildman–Crippen MR) is 169 cm³/mol. The minimum atomic E-state index is -3.57. The Morgan fingerprint density at radius 1 is 0.927 bits per heavy atom. The van der Waals surface area contributed by atoms with Crippen LogP contribution in [0.4, 0.5) is 5.69 Å². The van der Waals surface area contributed by atoms with Crippen LogP contribution in [0.1, 0.15) is 48.9 Å². The topological polar surface area (TPSA) is 86.8 Å². The van der Waals surface area contributed by atoms with Gasteiger partial charge in [0.05, 0.1) is 11.9 Å². The Morgan fingerprint density at radius 3 is 2.20 bits per heavy atom. The Bertz CT molecular complexity index is 1430. The third-order valence-electron chi connectivity index (χ3n) is 6.75. The average molecular weight is 643 g/mol. The van der Waals surface area contributed by atoms with Crippen molar-refractivity contribution in [2.75, 3.05) is 17.1 Å². The van der Waals surface area contributed by atoms with Crippen molar-refractivity contribution in [3.05, 3.63) is 99.5 Å². The zero-order valence-corrected chi connectivity index (χ0v) is 26.8. The smallest absolute Gasteiger partial charge is 0.243 e. The number of halogens is 1. The summed E-state index contributed by atoms with van der Waals surface area (Å²) in [6.07, 6.45) is 1.94. The second-order valence-corrected chi connectivity index (χ2v) is 13.6. The van der Waals surface area contributed by atoms with E-state index in [0.717, 1.165) is 26.7 Å². The summed E-state index contributed by atoms with van der Waals surface area (Å²) in [6, 6.07) is 22.2. The van der Waals surface area contributed by atoms with E-state index in [-0.39, 0.29) is 37.4 Å². The molecule has 0 heterocycles. The van der Waals surface area contributed by atoms with Gasteiger partial charge in [-0.2, -0.15) is 0 Å². The van der Waals surface area contributed by atoms with Gasteiger partial charge in [0, 0.05) is 36.4 Å². The lowest BCUT2D eigenvalue weighted by molar-refractivity contribution is -0.141. The number of sulfonamides is 1. The first-order valence-corrected chi connectivity index (χ1v) is 16.4. The van der Waals surface area contributed by atoms with Crippen LogP contribution in [-0.2, 0) is 32.6 Å². The van der Waals surface area contributed by atoms with Gasteiger partial charge in [-0.05, 0) is 74.6 Å². The van der Waals surface area contributed by atoms with Crippen molar-refractivity contribution in [1.82, 2.24) is 10.2 Å².